The highest BCUT2D eigenvalue weighted by Crippen LogP contribution is 2.20. The molecule has 0 aliphatic carbocycles. The van der Waals surface area contributed by atoms with Crippen LogP contribution in [0.4, 0.5) is 4.39 Å². The third kappa shape index (κ3) is 3.11. The first kappa shape index (κ1) is 10.7. The summed E-state index contributed by atoms with van der Waals surface area (Å²) in [4.78, 5) is 2.09. The fourth-order valence-electron chi connectivity index (χ4n) is 1.64. The van der Waals surface area contributed by atoms with Gasteiger partial charge in [0.2, 0.25) is 0 Å². The average molecular weight is 185 g/mol. The van der Waals surface area contributed by atoms with Gasteiger partial charge in [0.1, 0.15) is 6.17 Å². The molecule has 0 saturated carbocycles. The fourth-order valence-corrected chi connectivity index (χ4v) is 1.64. The van der Waals surface area contributed by atoms with E-state index >= 15 is 0 Å². The van der Waals surface area contributed by atoms with Crippen molar-refractivity contribution in [2.24, 2.45) is 5.92 Å². The number of hydrogen-bond acceptors (Lipinski definition) is 1. The van der Waals surface area contributed by atoms with Crippen LogP contribution in [0.2, 0.25) is 0 Å². The maximum Gasteiger partial charge on any atom is 0.115 e. The fraction of sp³-hybridized carbons (Fsp3) is 0.818. The second kappa shape index (κ2) is 4.75. The molecule has 2 heteroatoms. The molecule has 1 heterocycles. The Balaban J connectivity index is 2.40. The molecule has 0 aromatic rings. The number of nitrogens with zero attached hydrogens (tertiary/aromatic N) is 1. The van der Waals surface area contributed by atoms with Crippen molar-refractivity contribution in [3.05, 3.63) is 12.2 Å². The Kier molecular flexibility index (Phi) is 3.91. The Morgan fingerprint density at radius 2 is 2.31 bits per heavy atom. The highest BCUT2D eigenvalue weighted by atomic mass is 19.1. The molecule has 76 valence electrons. The predicted octanol–water partition coefficient (Wildman–Crippen LogP) is 2.63. The molecular formula is C11H20FN. The summed E-state index contributed by atoms with van der Waals surface area (Å²) in [6.45, 7) is 4.96. The maximum absolute atomic E-state index is 13.0. The van der Waals surface area contributed by atoms with E-state index in [4.69, 9.17) is 0 Å². The minimum absolute atomic E-state index is 0.323. The lowest BCUT2D eigenvalue weighted by Gasteiger charge is -2.14. The lowest BCUT2D eigenvalue weighted by molar-refractivity contribution is 0.311. The molecular weight excluding hydrogens is 165 g/mol. The summed E-state index contributed by atoms with van der Waals surface area (Å²) in [7, 11) is 1.99. The zero-order valence-electron chi connectivity index (χ0n) is 8.83. The number of allylic oxidation sites excluding steroid dienone is 1. The molecule has 0 radical (unpaired) electrons. The third-order valence-corrected chi connectivity index (χ3v) is 2.86. The van der Waals surface area contributed by atoms with Crippen LogP contribution in [0.25, 0.3) is 0 Å². The maximum atomic E-state index is 13.0. The number of likely N-dealkylation sites (tertiary alicyclic amines) is 1. The smallest absolute Gasteiger partial charge is 0.115 e. The lowest BCUT2D eigenvalue weighted by atomic mass is 10.1. The normalized spacial score (nSPS) is 32.9. The van der Waals surface area contributed by atoms with Crippen molar-refractivity contribution in [3.63, 3.8) is 0 Å². The van der Waals surface area contributed by atoms with Gasteiger partial charge in [-0.1, -0.05) is 32.4 Å². The van der Waals surface area contributed by atoms with E-state index in [-0.39, 0.29) is 0 Å². The van der Waals surface area contributed by atoms with Crippen LogP contribution in [0.15, 0.2) is 12.2 Å². The van der Waals surface area contributed by atoms with Gasteiger partial charge in [-0.2, -0.15) is 0 Å². The Hall–Kier alpha value is -0.370. The minimum Gasteiger partial charge on any atom is -0.297 e. The number of hydrogen-bond donors (Lipinski definition) is 0. The molecule has 1 saturated heterocycles. The monoisotopic (exact) mass is 185 g/mol. The molecule has 0 bridgehead atoms. The van der Waals surface area contributed by atoms with Crippen molar-refractivity contribution in [2.45, 2.75) is 38.9 Å². The molecule has 0 aromatic carbocycles. The van der Waals surface area contributed by atoms with Gasteiger partial charge in [-0.25, -0.2) is 4.39 Å². The standard InChI is InChI=1S/C11H20FN/c1-4-9(2)5-6-11-7-10(12)8-13(11)3/h5-6,9-11H,4,7-8H2,1-3H3/b6-5+. The van der Waals surface area contributed by atoms with Gasteiger partial charge in [-0.05, 0) is 19.4 Å². The van der Waals surface area contributed by atoms with Crippen molar-refractivity contribution in [1.29, 1.82) is 0 Å². The zero-order valence-corrected chi connectivity index (χ0v) is 8.83. The largest absolute Gasteiger partial charge is 0.297 e. The van der Waals surface area contributed by atoms with E-state index in [2.05, 4.69) is 30.9 Å². The molecule has 1 aliphatic heterocycles. The number of alkyl halides is 1. The number of halogens is 1. The van der Waals surface area contributed by atoms with E-state index in [0.29, 0.717) is 24.9 Å². The number of likely N-dealkylation sites (N-methyl/N-ethyl adjacent to an activating group) is 1. The summed E-state index contributed by atoms with van der Waals surface area (Å²) in [5.74, 6) is 0.618. The van der Waals surface area contributed by atoms with Crippen molar-refractivity contribution in [3.8, 4) is 0 Å². The molecule has 13 heavy (non-hydrogen) atoms. The summed E-state index contributed by atoms with van der Waals surface area (Å²) in [6, 6.07) is 0.323. The van der Waals surface area contributed by atoms with Gasteiger partial charge in [0.05, 0.1) is 0 Å². The molecule has 0 amide bonds. The lowest BCUT2D eigenvalue weighted by Crippen LogP contribution is -2.23. The van der Waals surface area contributed by atoms with Crippen LogP contribution in [0.3, 0.4) is 0 Å². The summed E-state index contributed by atoms with van der Waals surface area (Å²) in [5, 5.41) is 0. The van der Waals surface area contributed by atoms with Crippen LogP contribution in [-0.2, 0) is 0 Å². The molecule has 3 unspecified atom stereocenters. The topological polar surface area (TPSA) is 3.24 Å². The second-order valence-corrected chi connectivity index (χ2v) is 4.11. The average Bonchev–Trinajstić information content (AvgIpc) is 2.41. The highest BCUT2D eigenvalue weighted by molar-refractivity contribution is 5.00. The Bertz CT molecular complexity index is 179. The van der Waals surface area contributed by atoms with Gasteiger partial charge in [0.25, 0.3) is 0 Å². The molecule has 1 nitrogen and oxygen atoms in total. The van der Waals surface area contributed by atoms with E-state index in [1.165, 1.54) is 0 Å². The molecule has 0 spiro atoms. The highest BCUT2D eigenvalue weighted by Gasteiger charge is 2.26. The summed E-state index contributed by atoms with van der Waals surface area (Å²) >= 11 is 0. The van der Waals surface area contributed by atoms with Gasteiger partial charge in [-0.3, -0.25) is 4.90 Å². The Morgan fingerprint density at radius 1 is 1.62 bits per heavy atom. The van der Waals surface area contributed by atoms with E-state index in [1.54, 1.807) is 0 Å². The van der Waals surface area contributed by atoms with Gasteiger partial charge in [-0.15, -0.1) is 0 Å². The summed E-state index contributed by atoms with van der Waals surface area (Å²) in [5.41, 5.74) is 0. The van der Waals surface area contributed by atoms with Crippen LogP contribution in [0, 0.1) is 5.92 Å². The summed E-state index contributed by atoms with van der Waals surface area (Å²) in [6.07, 6.45) is 5.57. The van der Waals surface area contributed by atoms with Crippen molar-refractivity contribution >= 4 is 0 Å². The van der Waals surface area contributed by atoms with Crippen molar-refractivity contribution in [1.82, 2.24) is 4.90 Å². The molecule has 0 aromatic heterocycles. The first-order valence-electron chi connectivity index (χ1n) is 5.16. The predicted molar refractivity (Wildman–Crippen MR) is 54.5 cm³/mol. The molecule has 1 fully saturated rings. The van der Waals surface area contributed by atoms with E-state index in [0.717, 1.165) is 6.42 Å². The van der Waals surface area contributed by atoms with Crippen molar-refractivity contribution < 1.29 is 4.39 Å². The quantitative estimate of drug-likeness (QED) is 0.611. The SMILES string of the molecule is CCC(C)/C=C/C1CC(F)CN1C. The first-order chi connectivity index (χ1) is 6.13. The van der Waals surface area contributed by atoms with Gasteiger partial charge < -0.3 is 0 Å². The van der Waals surface area contributed by atoms with Gasteiger partial charge >= 0.3 is 0 Å². The van der Waals surface area contributed by atoms with Crippen LogP contribution in [-0.4, -0.2) is 30.7 Å². The van der Waals surface area contributed by atoms with Crippen LogP contribution in [0.1, 0.15) is 26.7 Å². The first-order valence-corrected chi connectivity index (χ1v) is 5.16. The van der Waals surface area contributed by atoms with E-state index in [9.17, 15) is 4.39 Å². The Labute approximate surface area is 80.6 Å². The van der Waals surface area contributed by atoms with Gasteiger partial charge in [0, 0.05) is 12.6 Å². The van der Waals surface area contributed by atoms with Crippen LogP contribution >= 0.6 is 0 Å². The second-order valence-electron chi connectivity index (χ2n) is 4.11. The van der Waals surface area contributed by atoms with Crippen molar-refractivity contribution in [2.75, 3.05) is 13.6 Å². The zero-order chi connectivity index (χ0) is 9.84. The van der Waals surface area contributed by atoms with E-state index in [1.807, 2.05) is 7.05 Å². The molecule has 1 rings (SSSR count). The van der Waals surface area contributed by atoms with Gasteiger partial charge in [0.15, 0.2) is 0 Å². The van der Waals surface area contributed by atoms with E-state index < -0.39 is 6.17 Å². The third-order valence-electron chi connectivity index (χ3n) is 2.86. The molecule has 1 aliphatic rings. The summed E-state index contributed by atoms with van der Waals surface area (Å²) < 4.78 is 13.0. The minimum atomic E-state index is -0.628. The Morgan fingerprint density at radius 3 is 2.77 bits per heavy atom. The number of rotatable bonds is 3. The van der Waals surface area contributed by atoms with Crippen LogP contribution in [0.5, 0.6) is 0 Å². The van der Waals surface area contributed by atoms with Crippen LogP contribution < -0.4 is 0 Å². The molecule has 0 N–H and O–H groups in total. The molecule has 3 atom stereocenters.